The molecule has 0 N–H and O–H groups in total. The highest BCUT2D eigenvalue weighted by atomic mass is 32.1. The fourth-order valence-electron chi connectivity index (χ4n) is 2.85. The first-order valence-corrected chi connectivity index (χ1v) is 8.11. The number of nitrogens with zero attached hydrogens (tertiary/aromatic N) is 2. The zero-order valence-electron chi connectivity index (χ0n) is 11.9. The molecule has 0 fully saturated rings. The predicted molar refractivity (Wildman–Crippen MR) is 85.7 cm³/mol. The second-order valence-corrected chi connectivity index (χ2v) is 6.38. The summed E-state index contributed by atoms with van der Waals surface area (Å²) >= 11 is 1.72. The van der Waals surface area contributed by atoms with Crippen LogP contribution in [-0.2, 0) is 12.8 Å². The number of carbonyl (C=O) groups is 1. The van der Waals surface area contributed by atoms with Crippen LogP contribution in [0.2, 0.25) is 0 Å². The third kappa shape index (κ3) is 2.27. The minimum absolute atomic E-state index is 0.000741. The molecule has 2 aromatic heterocycles. The summed E-state index contributed by atoms with van der Waals surface area (Å²) in [4.78, 5) is 23.1. The number of fused-ring (bicyclic) bond motifs is 3. The van der Waals surface area contributed by atoms with Crippen LogP contribution in [0.4, 0.5) is 0 Å². The molecule has 3 aromatic rings. The van der Waals surface area contributed by atoms with E-state index in [-0.39, 0.29) is 12.4 Å². The first-order valence-electron chi connectivity index (χ1n) is 7.29. The average Bonchev–Trinajstić information content (AvgIpc) is 3.14. The summed E-state index contributed by atoms with van der Waals surface area (Å²) in [5.74, 6) is 0.493. The van der Waals surface area contributed by atoms with Gasteiger partial charge in [-0.05, 0) is 24.8 Å². The van der Waals surface area contributed by atoms with Crippen molar-refractivity contribution in [3.63, 3.8) is 0 Å². The highest BCUT2D eigenvalue weighted by Gasteiger charge is 2.22. The number of ketones is 1. The molecule has 0 aliphatic heterocycles. The molecule has 1 aromatic carbocycles. The molecule has 110 valence electrons. The molecule has 5 heteroatoms. The summed E-state index contributed by atoms with van der Waals surface area (Å²) in [6.07, 6.45) is 4.84. The Hall–Kier alpha value is -2.27. The molecular formula is C17H14N2O2S. The summed E-state index contributed by atoms with van der Waals surface area (Å²) in [6.45, 7) is 0.000741. The molecule has 22 heavy (non-hydrogen) atoms. The van der Waals surface area contributed by atoms with E-state index in [2.05, 4.69) is 9.97 Å². The number of hydrogen-bond acceptors (Lipinski definition) is 5. The first-order chi connectivity index (χ1) is 10.8. The SMILES string of the molecule is O=C(COc1ncnc2sc3c(c12)CCC3)c1ccccc1. The van der Waals surface area contributed by atoms with E-state index >= 15 is 0 Å². The van der Waals surface area contributed by atoms with Gasteiger partial charge >= 0.3 is 0 Å². The van der Waals surface area contributed by atoms with Crippen LogP contribution < -0.4 is 4.74 Å². The molecule has 1 aliphatic carbocycles. The van der Waals surface area contributed by atoms with Crippen molar-refractivity contribution in [2.75, 3.05) is 6.61 Å². The van der Waals surface area contributed by atoms with Gasteiger partial charge in [-0.15, -0.1) is 11.3 Å². The van der Waals surface area contributed by atoms with Crippen LogP contribution >= 0.6 is 11.3 Å². The van der Waals surface area contributed by atoms with Gasteiger partial charge in [0.1, 0.15) is 11.2 Å². The molecule has 0 amide bonds. The summed E-state index contributed by atoms with van der Waals surface area (Å²) in [6, 6.07) is 9.18. The largest absolute Gasteiger partial charge is 0.469 e. The van der Waals surface area contributed by atoms with Gasteiger partial charge in [-0.2, -0.15) is 0 Å². The van der Waals surface area contributed by atoms with Crippen LogP contribution in [0.1, 0.15) is 27.2 Å². The van der Waals surface area contributed by atoms with E-state index < -0.39 is 0 Å². The van der Waals surface area contributed by atoms with Crippen molar-refractivity contribution in [1.29, 1.82) is 0 Å². The Morgan fingerprint density at radius 1 is 1.18 bits per heavy atom. The van der Waals surface area contributed by atoms with Crippen molar-refractivity contribution in [3.05, 3.63) is 52.7 Å². The van der Waals surface area contributed by atoms with E-state index in [9.17, 15) is 4.79 Å². The Balaban J connectivity index is 1.61. The van der Waals surface area contributed by atoms with Gasteiger partial charge in [-0.1, -0.05) is 30.3 Å². The lowest BCUT2D eigenvalue weighted by atomic mass is 10.1. The van der Waals surface area contributed by atoms with Crippen LogP contribution in [-0.4, -0.2) is 22.4 Å². The quantitative estimate of drug-likeness (QED) is 0.693. The van der Waals surface area contributed by atoms with Gasteiger partial charge in [0, 0.05) is 10.4 Å². The minimum atomic E-state index is -0.0424. The van der Waals surface area contributed by atoms with Gasteiger partial charge < -0.3 is 4.74 Å². The van der Waals surface area contributed by atoms with Crippen LogP contribution in [0.3, 0.4) is 0 Å². The Morgan fingerprint density at radius 2 is 2.05 bits per heavy atom. The molecule has 0 saturated heterocycles. The lowest BCUT2D eigenvalue weighted by molar-refractivity contribution is 0.0919. The fourth-order valence-corrected chi connectivity index (χ4v) is 4.07. The van der Waals surface area contributed by atoms with Crippen LogP contribution in [0.25, 0.3) is 10.2 Å². The molecule has 1 aliphatic rings. The van der Waals surface area contributed by atoms with Gasteiger partial charge in [-0.3, -0.25) is 4.79 Å². The summed E-state index contributed by atoms with van der Waals surface area (Å²) in [7, 11) is 0. The number of benzene rings is 1. The Morgan fingerprint density at radius 3 is 2.91 bits per heavy atom. The van der Waals surface area contributed by atoms with E-state index in [1.807, 2.05) is 18.2 Å². The zero-order chi connectivity index (χ0) is 14.9. The maximum atomic E-state index is 12.2. The number of thiophene rings is 1. The number of aromatic nitrogens is 2. The topological polar surface area (TPSA) is 52.1 Å². The van der Waals surface area contributed by atoms with E-state index in [0.717, 1.165) is 23.1 Å². The van der Waals surface area contributed by atoms with Gasteiger partial charge in [-0.25, -0.2) is 9.97 Å². The van der Waals surface area contributed by atoms with Crippen molar-refractivity contribution in [3.8, 4) is 5.88 Å². The van der Waals surface area contributed by atoms with Crippen LogP contribution in [0.5, 0.6) is 5.88 Å². The highest BCUT2D eigenvalue weighted by molar-refractivity contribution is 7.18. The van der Waals surface area contributed by atoms with Crippen molar-refractivity contribution < 1.29 is 9.53 Å². The lowest BCUT2D eigenvalue weighted by Gasteiger charge is -2.06. The average molecular weight is 310 g/mol. The normalized spacial score (nSPS) is 13.3. The molecule has 0 saturated carbocycles. The van der Waals surface area contributed by atoms with Gasteiger partial charge in [0.2, 0.25) is 5.88 Å². The van der Waals surface area contributed by atoms with Crippen molar-refractivity contribution >= 4 is 27.3 Å². The number of Topliss-reactive ketones (excluding diaryl/α,β-unsaturated/α-hetero) is 1. The number of rotatable bonds is 4. The predicted octanol–water partition coefficient (Wildman–Crippen LogP) is 3.44. The second-order valence-electron chi connectivity index (χ2n) is 5.29. The van der Waals surface area contributed by atoms with Gasteiger partial charge in [0.25, 0.3) is 0 Å². The van der Waals surface area contributed by atoms with Gasteiger partial charge in [0.05, 0.1) is 5.39 Å². The molecule has 0 bridgehead atoms. The fraction of sp³-hybridized carbons (Fsp3) is 0.235. The lowest BCUT2D eigenvalue weighted by Crippen LogP contribution is -2.12. The molecule has 4 rings (SSSR count). The molecule has 0 spiro atoms. The maximum absolute atomic E-state index is 12.2. The highest BCUT2D eigenvalue weighted by Crippen LogP contribution is 2.39. The molecule has 2 heterocycles. The van der Waals surface area contributed by atoms with Crippen molar-refractivity contribution in [2.45, 2.75) is 19.3 Å². The van der Waals surface area contributed by atoms with E-state index in [4.69, 9.17) is 4.74 Å². The van der Waals surface area contributed by atoms with Crippen molar-refractivity contribution in [2.24, 2.45) is 0 Å². The molecule has 4 nitrogen and oxygen atoms in total. The molecule has 0 radical (unpaired) electrons. The Bertz CT molecular complexity index is 842. The van der Waals surface area contributed by atoms with Crippen molar-refractivity contribution in [1.82, 2.24) is 9.97 Å². The van der Waals surface area contributed by atoms with E-state index in [1.165, 1.54) is 23.2 Å². The summed E-state index contributed by atoms with van der Waals surface area (Å²) in [5, 5.41) is 1.00. The van der Waals surface area contributed by atoms with E-state index in [0.29, 0.717) is 11.4 Å². The smallest absolute Gasteiger partial charge is 0.226 e. The molecule has 0 atom stereocenters. The Labute approximate surface area is 131 Å². The molecule has 0 unspecified atom stereocenters. The third-order valence-corrected chi connectivity index (χ3v) is 5.10. The number of hydrogen-bond donors (Lipinski definition) is 0. The van der Waals surface area contributed by atoms with E-state index in [1.54, 1.807) is 23.5 Å². The monoisotopic (exact) mass is 310 g/mol. The Kier molecular flexibility index (Phi) is 3.35. The summed E-state index contributed by atoms with van der Waals surface area (Å²) < 4.78 is 5.73. The first kappa shape index (κ1) is 13.4. The van der Waals surface area contributed by atoms with Crippen LogP contribution in [0.15, 0.2) is 36.7 Å². The number of aryl methyl sites for hydroxylation is 2. The second kappa shape index (κ2) is 5.50. The number of ether oxygens (including phenoxy) is 1. The number of carbonyl (C=O) groups excluding carboxylic acids is 1. The summed E-state index contributed by atoms with van der Waals surface area (Å²) in [5.41, 5.74) is 1.96. The van der Waals surface area contributed by atoms with Gasteiger partial charge in [0.15, 0.2) is 12.4 Å². The van der Waals surface area contributed by atoms with Crippen LogP contribution in [0, 0.1) is 0 Å². The standard InChI is InChI=1S/C17H14N2O2S/c20-13(11-5-2-1-3-6-11)9-21-16-15-12-7-4-8-14(12)22-17(15)19-10-18-16/h1-3,5-6,10H,4,7-9H2. The maximum Gasteiger partial charge on any atom is 0.226 e. The zero-order valence-corrected chi connectivity index (χ0v) is 12.7. The molecular weight excluding hydrogens is 296 g/mol. The minimum Gasteiger partial charge on any atom is -0.469 e. The third-order valence-electron chi connectivity index (χ3n) is 3.90.